The second kappa shape index (κ2) is 14.2. The van der Waals surface area contributed by atoms with Crippen molar-refractivity contribution in [1.29, 1.82) is 0 Å². The zero-order chi connectivity index (χ0) is 32.7. The van der Waals surface area contributed by atoms with Gasteiger partial charge in [-0.05, 0) is 56.2 Å². The van der Waals surface area contributed by atoms with Crippen LogP contribution in [0.5, 0.6) is 34.5 Å². The number of hydrogen-bond donors (Lipinski definition) is 8. The third kappa shape index (κ3) is 7.47. The zero-order valence-electron chi connectivity index (χ0n) is 24.3. The maximum atomic E-state index is 13.7. The molecule has 14 heteroatoms. The first kappa shape index (κ1) is 32.3. The van der Waals surface area contributed by atoms with Gasteiger partial charge in [-0.25, -0.2) is 4.99 Å². The van der Waals surface area contributed by atoms with E-state index < -0.39 is 58.6 Å². The van der Waals surface area contributed by atoms with E-state index in [9.17, 15) is 45.0 Å². The van der Waals surface area contributed by atoms with Crippen molar-refractivity contribution in [1.82, 2.24) is 15.5 Å². The number of aromatic hydroxyl groups is 6. The molecule has 0 fully saturated rings. The Bertz CT molecular complexity index is 1540. The van der Waals surface area contributed by atoms with Gasteiger partial charge in [0.25, 0.3) is 17.7 Å². The van der Waals surface area contributed by atoms with Gasteiger partial charge >= 0.3 is 0 Å². The van der Waals surface area contributed by atoms with Gasteiger partial charge in [0.15, 0.2) is 40.5 Å². The van der Waals surface area contributed by atoms with Gasteiger partial charge in [-0.3, -0.25) is 14.4 Å². The molecule has 0 radical (unpaired) electrons. The Morgan fingerprint density at radius 2 is 1.20 bits per heavy atom. The van der Waals surface area contributed by atoms with Crippen LogP contribution >= 0.6 is 0 Å². The van der Waals surface area contributed by atoms with Crippen LogP contribution in [0.15, 0.2) is 59.6 Å². The maximum Gasteiger partial charge on any atom is 0.255 e. The molecule has 3 amide bonds. The number of para-hydroxylation sites is 3. The second-order valence-electron chi connectivity index (χ2n) is 10.3. The van der Waals surface area contributed by atoms with Crippen LogP contribution in [0.25, 0.3) is 0 Å². The third-order valence-corrected chi connectivity index (χ3v) is 7.11. The van der Waals surface area contributed by atoms with E-state index >= 15 is 0 Å². The number of carbonyl (C=O) groups excluding carboxylic acids is 3. The van der Waals surface area contributed by atoms with Gasteiger partial charge in [0.05, 0.1) is 16.7 Å². The summed E-state index contributed by atoms with van der Waals surface area (Å²) in [6, 6.07) is 11.3. The molecule has 4 rings (SSSR count). The highest BCUT2D eigenvalue weighted by molar-refractivity contribution is 6.01. The van der Waals surface area contributed by atoms with Crippen LogP contribution in [-0.4, -0.2) is 97.5 Å². The number of phenols is 6. The summed E-state index contributed by atoms with van der Waals surface area (Å²) < 4.78 is 5.75. The van der Waals surface area contributed by atoms with Gasteiger partial charge in [-0.15, -0.1) is 0 Å². The molecule has 238 valence electrons. The molecule has 0 aliphatic carbocycles. The van der Waals surface area contributed by atoms with Crippen molar-refractivity contribution < 1.29 is 49.8 Å². The number of rotatable bonds is 12. The highest BCUT2D eigenvalue weighted by Gasteiger charge is 2.37. The number of amides is 3. The standard InChI is InChI=1S/C31H34N4O10/c1-17-24(34-30(45-17)20-9-4-12-23(38)27(20)41)31(44)35(15-5-13-32-28(42)18-7-2-10-21(36)25(18)39)16-6-14-33-29(43)19-8-3-11-22(37)26(19)40/h2-4,7-12,17,24,36-41H,5-6,13-16H2,1H3,(H,32,42)(H,33,43)/t17-,24+/m1/s1. The first-order valence-corrected chi connectivity index (χ1v) is 14.1. The lowest BCUT2D eigenvalue weighted by molar-refractivity contribution is -0.134. The van der Waals surface area contributed by atoms with Crippen LogP contribution in [0.4, 0.5) is 0 Å². The number of hydrogen-bond acceptors (Lipinski definition) is 11. The molecule has 0 bridgehead atoms. The quantitative estimate of drug-likeness (QED) is 0.108. The number of nitrogens with zero attached hydrogens (tertiary/aromatic N) is 2. The normalized spacial score (nSPS) is 15.5. The van der Waals surface area contributed by atoms with Crippen molar-refractivity contribution in [3.8, 4) is 34.5 Å². The summed E-state index contributed by atoms with van der Waals surface area (Å²) in [5.41, 5.74) is -0.0876. The fraction of sp³-hybridized carbons (Fsp3) is 0.290. The van der Waals surface area contributed by atoms with Gasteiger partial charge in [-0.2, -0.15) is 0 Å². The molecule has 0 spiro atoms. The minimum absolute atomic E-state index is 0.00873. The van der Waals surface area contributed by atoms with Crippen molar-refractivity contribution in [2.24, 2.45) is 4.99 Å². The lowest BCUT2D eigenvalue weighted by Crippen LogP contribution is -2.44. The van der Waals surface area contributed by atoms with Gasteiger partial charge in [0, 0.05) is 26.2 Å². The fourth-order valence-electron chi connectivity index (χ4n) is 4.68. The molecule has 3 aromatic carbocycles. The maximum absolute atomic E-state index is 13.7. The average Bonchev–Trinajstić information content (AvgIpc) is 3.40. The van der Waals surface area contributed by atoms with E-state index in [1.807, 2.05) is 0 Å². The van der Waals surface area contributed by atoms with Gasteiger partial charge < -0.3 is 50.9 Å². The van der Waals surface area contributed by atoms with Gasteiger partial charge in [0.1, 0.15) is 6.10 Å². The average molecular weight is 623 g/mol. The van der Waals surface area contributed by atoms with E-state index in [-0.39, 0.29) is 54.5 Å². The molecule has 1 aliphatic heterocycles. The predicted molar refractivity (Wildman–Crippen MR) is 161 cm³/mol. The summed E-state index contributed by atoms with van der Waals surface area (Å²) in [5.74, 6) is -4.41. The highest BCUT2D eigenvalue weighted by Crippen LogP contribution is 2.32. The van der Waals surface area contributed by atoms with Crippen LogP contribution in [0.1, 0.15) is 46.0 Å². The van der Waals surface area contributed by atoms with E-state index in [0.29, 0.717) is 12.8 Å². The Morgan fingerprint density at radius 1 is 0.733 bits per heavy atom. The molecule has 1 aliphatic rings. The van der Waals surface area contributed by atoms with Crippen LogP contribution in [-0.2, 0) is 9.53 Å². The molecule has 3 aromatic rings. The lowest BCUT2D eigenvalue weighted by atomic mass is 10.1. The Morgan fingerprint density at radius 3 is 1.71 bits per heavy atom. The molecule has 0 saturated carbocycles. The van der Waals surface area contributed by atoms with E-state index in [2.05, 4.69) is 15.6 Å². The number of nitrogens with one attached hydrogen (secondary N) is 2. The molecular weight excluding hydrogens is 588 g/mol. The fourth-order valence-corrected chi connectivity index (χ4v) is 4.68. The molecule has 8 N–H and O–H groups in total. The van der Waals surface area contributed by atoms with Crippen LogP contribution in [0.3, 0.4) is 0 Å². The molecular formula is C31H34N4O10. The van der Waals surface area contributed by atoms with Crippen LogP contribution in [0.2, 0.25) is 0 Å². The molecule has 0 aromatic heterocycles. The SMILES string of the molecule is C[C@H]1OC(c2cccc(O)c2O)=N[C@@H]1C(=O)N(CCCNC(=O)c1cccc(O)c1O)CCCNC(=O)c1cccc(O)c1O. The Kier molecular flexibility index (Phi) is 10.2. The lowest BCUT2D eigenvalue weighted by Gasteiger charge is -2.26. The minimum Gasteiger partial charge on any atom is -0.504 e. The van der Waals surface area contributed by atoms with Crippen LogP contribution in [0, 0.1) is 0 Å². The van der Waals surface area contributed by atoms with E-state index in [4.69, 9.17) is 4.74 Å². The first-order chi connectivity index (χ1) is 21.5. The van der Waals surface area contributed by atoms with E-state index in [0.717, 1.165) is 0 Å². The number of ether oxygens (including phenoxy) is 1. The number of phenolic OH excluding ortho intramolecular Hbond substituents is 6. The van der Waals surface area contributed by atoms with Gasteiger partial charge in [0.2, 0.25) is 5.90 Å². The summed E-state index contributed by atoms with van der Waals surface area (Å²) in [5, 5.41) is 64.6. The van der Waals surface area contributed by atoms with E-state index in [1.165, 1.54) is 59.5 Å². The summed E-state index contributed by atoms with van der Waals surface area (Å²) in [6.07, 6.45) is -0.113. The second-order valence-corrected chi connectivity index (χ2v) is 10.3. The number of aliphatic imine (C=N–C) groups is 1. The summed E-state index contributed by atoms with van der Waals surface area (Å²) >= 11 is 0. The molecule has 14 nitrogen and oxygen atoms in total. The molecule has 45 heavy (non-hydrogen) atoms. The number of carbonyl (C=O) groups is 3. The third-order valence-electron chi connectivity index (χ3n) is 7.11. The Labute approximate surface area is 257 Å². The smallest absolute Gasteiger partial charge is 0.255 e. The number of benzene rings is 3. The first-order valence-electron chi connectivity index (χ1n) is 14.1. The van der Waals surface area contributed by atoms with Crippen LogP contribution < -0.4 is 10.6 Å². The summed E-state index contributed by atoms with van der Waals surface area (Å²) in [7, 11) is 0. The van der Waals surface area contributed by atoms with Crippen molar-refractivity contribution in [2.75, 3.05) is 26.2 Å². The Balaban J connectivity index is 1.42. The molecule has 0 unspecified atom stereocenters. The predicted octanol–water partition coefficient (Wildman–Crippen LogP) is 1.92. The zero-order valence-corrected chi connectivity index (χ0v) is 24.3. The molecule has 0 saturated heterocycles. The minimum atomic E-state index is -0.987. The Hall–Kier alpha value is -5.66. The molecule has 1 heterocycles. The monoisotopic (exact) mass is 622 g/mol. The van der Waals surface area contributed by atoms with Crippen molar-refractivity contribution in [3.63, 3.8) is 0 Å². The van der Waals surface area contributed by atoms with Crippen molar-refractivity contribution in [3.05, 3.63) is 71.3 Å². The summed E-state index contributed by atoms with van der Waals surface area (Å²) in [4.78, 5) is 44.6. The highest BCUT2D eigenvalue weighted by atomic mass is 16.5. The topological polar surface area (TPSA) is 221 Å². The van der Waals surface area contributed by atoms with Crippen molar-refractivity contribution >= 4 is 23.6 Å². The van der Waals surface area contributed by atoms with Crippen molar-refractivity contribution in [2.45, 2.75) is 31.9 Å². The van der Waals surface area contributed by atoms with Gasteiger partial charge in [-0.1, -0.05) is 18.2 Å². The summed E-state index contributed by atoms with van der Waals surface area (Å²) in [6.45, 7) is 2.21. The van der Waals surface area contributed by atoms with E-state index in [1.54, 1.807) is 6.92 Å². The molecule has 2 atom stereocenters. The largest absolute Gasteiger partial charge is 0.504 e.